The van der Waals surface area contributed by atoms with Crippen LogP contribution in [-0.2, 0) is 4.74 Å². The van der Waals surface area contributed by atoms with E-state index in [1.54, 1.807) is 0 Å². The monoisotopic (exact) mass is 214 g/mol. The molecule has 1 N–H and O–H groups in total. The normalized spacial score (nSPS) is 24.6. The van der Waals surface area contributed by atoms with Crippen molar-refractivity contribution in [3.63, 3.8) is 0 Å². The maximum absolute atomic E-state index is 5.37. The Morgan fingerprint density at radius 2 is 2.33 bits per heavy atom. The fraction of sp³-hybridized carbons (Fsp3) is 1.00. The number of unbranched alkanes of at least 4 members (excludes halogenated alkanes) is 1. The molecule has 1 heterocycles. The van der Waals surface area contributed by atoms with Gasteiger partial charge in [-0.2, -0.15) is 0 Å². The molecule has 15 heavy (non-hydrogen) atoms. The molecule has 3 nitrogen and oxygen atoms in total. The summed E-state index contributed by atoms with van der Waals surface area (Å²) in [5.41, 5.74) is 0. The molecule has 1 fully saturated rings. The van der Waals surface area contributed by atoms with Gasteiger partial charge in [0.15, 0.2) is 0 Å². The number of hydrogen-bond donors (Lipinski definition) is 1. The molecule has 2 atom stereocenters. The maximum Gasteiger partial charge on any atom is 0.0710 e. The zero-order chi connectivity index (χ0) is 11.1. The summed E-state index contributed by atoms with van der Waals surface area (Å²) in [5.74, 6) is 0. The summed E-state index contributed by atoms with van der Waals surface area (Å²) in [6.07, 6.45) is 4.21. The van der Waals surface area contributed by atoms with Gasteiger partial charge in [-0.25, -0.2) is 0 Å². The minimum Gasteiger partial charge on any atom is -0.380 e. The highest BCUT2D eigenvalue weighted by atomic mass is 16.5. The van der Waals surface area contributed by atoms with Gasteiger partial charge in [0.1, 0.15) is 0 Å². The van der Waals surface area contributed by atoms with E-state index < -0.39 is 0 Å². The van der Waals surface area contributed by atoms with Crippen molar-refractivity contribution in [2.24, 2.45) is 0 Å². The van der Waals surface area contributed by atoms with Gasteiger partial charge in [0.25, 0.3) is 0 Å². The van der Waals surface area contributed by atoms with Crippen LogP contribution in [0, 0.1) is 0 Å². The Labute approximate surface area is 94.2 Å². The zero-order valence-corrected chi connectivity index (χ0v) is 10.5. The Morgan fingerprint density at radius 3 is 2.93 bits per heavy atom. The van der Waals surface area contributed by atoms with Crippen LogP contribution < -0.4 is 5.32 Å². The summed E-state index contributed by atoms with van der Waals surface area (Å²) < 4.78 is 5.37. The van der Waals surface area contributed by atoms with Gasteiger partial charge in [0.05, 0.1) is 6.10 Å². The van der Waals surface area contributed by atoms with Crippen LogP contribution in [0.15, 0.2) is 0 Å². The second-order valence-corrected chi connectivity index (χ2v) is 4.55. The van der Waals surface area contributed by atoms with Crippen LogP contribution in [-0.4, -0.2) is 50.3 Å². The predicted molar refractivity (Wildman–Crippen MR) is 64.2 cm³/mol. The third-order valence-corrected chi connectivity index (χ3v) is 3.28. The lowest BCUT2D eigenvalue weighted by Gasteiger charge is -2.24. The first-order valence-corrected chi connectivity index (χ1v) is 6.25. The number of rotatable bonds is 7. The first-order chi connectivity index (χ1) is 7.27. The van der Waals surface area contributed by atoms with E-state index >= 15 is 0 Å². The van der Waals surface area contributed by atoms with Gasteiger partial charge in [0.2, 0.25) is 0 Å². The zero-order valence-electron chi connectivity index (χ0n) is 10.5. The second kappa shape index (κ2) is 7.20. The molecule has 1 aliphatic rings. The molecule has 0 aliphatic carbocycles. The van der Waals surface area contributed by atoms with Crippen molar-refractivity contribution in [3.05, 3.63) is 0 Å². The lowest BCUT2D eigenvalue weighted by molar-refractivity contribution is 0.102. The molecular weight excluding hydrogens is 188 g/mol. The van der Waals surface area contributed by atoms with Crippen LogP contribution in [0.5, 0.6) is 0 Å². The van der Waals surface area contributed by atoms with Crippen LogP contribution in [0.4, 0.5) is 0 Å². The minimum absolute atomic E-state index is 0.461. The van der Waals surface area contributed by atoms with E-state index in [1.165, 1.54) is 25.8 Å². The topological polar surface area (TPSA) is 24.5 Å². The smallest absolute Gasteiger partial charge is 0.0710 e. The third-order valence-electron chi connectivity index (χ3n) is 3.28. The fourth-order valence-corrected chi connectivity index (χ4v) is 2.09. The largest absolute Gasteiger partial charge is 0.380 e. The Bertz CT molecular complexity index is 164. The molecule has 0 aromatic heterocycles. The van der Waals surface area contributed by atoms with E-state index in [9.17, 15) is 0 Å². The summed E-state index contributed by atoms with van der Waals surface area (Å²) in [5, 5.41) is 3.51. The van der Waals surface area contributed by atoms with E-state index in [-0.39, 0.29) is 0 Å². The molecule has 1 saturated heterocycles. The first-order valence-electron chi connectivity index (χ1n) is 6.25. The highest BCUT2D eigenvalue weighted by Gasteiger charge is 2.25. The van der Waals surface area contributed by atoms with Crippen molar-refractivity contribution >= 4 is 0 Å². The first kappa shape index (κ1) is 12.9. The number of likely N-dealkylation sites (tertiary alicyclic amines) is 1. The Morgan fingerprint density at radius 1 is 1.53 bits per heavy atom. The maximum atomic E-state index is 5.37. The van der Waals surface area contributed by atoms with Crippen molar-refractivity contribution < 1.29 is 4.74 Å². The number of nitrogens with zero attached hydrogens (tertiary/aromatic N) is 1. The van der Waals surface area contributed by atoms with Gasteiger partial charge >= 0.3 is 0 Å². The number of ether oxygens (including phenoxy) is 1. The summed E-state index contributed by atoms with van der Waals surface area (Å²) in [6.45, 7) is 9.09. The lowest BCUT2D eigenvalue weighted by atomic mass is 10.3. The SMILES string of the molecule is CCCCNCC(C)N1CCC(OC)C1. The highest BCUT2D eigenvalue weighted by Crippen LogP contribution is 2.14. The molecule has 1 rings (SSSR count). The lowest BCUT2D eigenvalue weighted by Crippen LogP contribution is -2.39. The summed E-state index contributed by atoms with van der Waals surface area (Å²) in [6, 6.07) is 0.641. The molecule has 0 saturated carbocycles. The van der Waals surface area contributed by atoms with Crippen LogP contribution >= 0.6 is 0 Å². The predicted octanol–water partition coefficient (Wildman–Crippen LogP) is 1.49. The van der Waals surface area contributed by atoms with Crippen LogP contribution in [0.25, 0.3) is 0 Å². The van der Waals surface area contributed by atoms with Crippen LogP contribution in [0.1, 0.15) is 33.1 Å². The van der Waals surface area contributed by atoms with Crippen molar-refractivity contribution in [2.45, 2.75) is 45.3 Å². The van der Waals surface area contributed by atoms with Crippen molar-refractivity contribution in [3.8, 4) is 0 Å². The van der Waals surface area contributed by atoms with Gasteiger partial charge < -0.3 is 10.1 Å². The third kappa shape index (κ3) is 4.49. The number of nitrogens with one attached hydrogen (secondary N) is 1. The molecule has 90 valence electrons. The van der Waals surface area contributed by atoms with Gasteiger partial charge in [-0.3, -0.25) is 4.90 Å². The molecule has 0 radical (unpaired) electrons. The van der Waals surface area contributed by atoms with Crippen molar-refractivity contribution in [1.29, 1.82) is 0 Å². The van der Waals surface area contributed by atoms with E-state index in [4.69, 9.17) is 4.74 Å². The van der Waals surface area contributed by atoms with Crippen LogP contribution in [0.2, 0.25) is 0 Å². The number of methoxy groups -OCH3 is 1. The average Bonchev–Trinajstić information content (AvgIpc) is 2.72. The van der Waals surface area contributed by atoms with Crippen molar-refractivity contribution in [2.75, 3.05) is 33.3 Å². The molecule has 0 aromatic carbocycles. The van der Waals surface area contributed by atoms with Crippen molar-refractivity contribution in [1.82, 2.24) is 10.2 Å². The molecule has 0 spiro atoms. The summed E-state index contributed by atoms with van der Waals surface area (Å²) in [7, 11) is 1.82. The molecule has 0 bridgehead atoms. The standard InChI is InChI=1S/C12H26N2O/c1-4-5-7-13-9-11(2)14-8-6-12(10-14)15-3/h11-13H,4-10H2,1-3H3. The average molecular weight is 214 g/mol. The summed E-state index contributed by atoms with van der Waals surface area (Å²) in [4.78, 5) is 2.52. The van der Waals surface area contributed by atoms with Gasteiger partial charge in [-0.05, 0) is 26.3 Å². The Hall–Kier alpha value is -0.120. The molecule has 0 amide bonds. The van der Waals surface area contributed by atoms with Gasteiger partial charge in [-0.15, -0.1) is 0 Å². The molecular formula is C12H26N2O. The molecule has 3 heteroatoms. The minimum atomic E-state index is 0.461. The Kier molecular flexibility index (Phi) is 6.22. The second-order valence-electron chi connectivity index (χ2n) is 4.55. The van der Waals surface area contributed by atoms with E-state index in [1.807, 2.05) is 7.11 Å². The Balaban J connectivity index is 2.09. The number of hydrogen-bond acceptors (Lipinski definition) is 3. The quantitative estimate of drug-likeness (QED) is 0.650. The van der Waals surface area contributed by atoms with E-state index in [0.717, 1.165) is 19.6 Å². The van der Waals surface area contributed by atoms with Crippen LogP contribution in [0.3, 0.4) is 0 Å². The van der Waals surface area contributed by atoms with Gasteiger partial charge in [0, 0.05) is 32.8 Å². The van der Waals surface area contributed by atoms with E-state index in [2.05, 4.69) is 24.1 Å². The molecule has 1 aliphatic heterocycles. The van der Waals surface area contributed by atoms with Gasteiger partial charge in [-0.1, -0.05) is 13.3 Å². The molecule has 2 unspecified atom stereocenters. The summed E-state index contributed by atoms with van der Waals surface area (Å²) >= 11 is 0. The molecule has 0 aromatic rings. The highest BCUT2D eigenvalue weighted by molar-refractivity contribution is 4.80. The fourth-order valence-electron chi connectivity index (χ4n) is 2.09. The van der Waals surface area contributed by atoms with E-state index in [0.29, 0.717) is 12.1 Å².